The summed E-state index contributed by atoms with van der Waals surface area (Å²) >= 11 is 0. The molecule has 2 amide bonds. The average molecular weight is 539 g/mol. The second-order valence-electron chi connectivity index (χ2n) is 7.71. The molecular formula is C24H25F4N5O5. The van der Waals surface area contributed by atoms with Crippen LogP contribution in [0.2, 0.25) is 0 Å². The van der Waals surface area contributed by atoms with Gasteiger partial charge in [0, 0.05) is 12.1 Å². The molecule has 2 N–H and O–H groups in total. The van der Waals surface area contributed by atoms with Crippen LogP contribution in [0.1, 0.15) is 26.4 Å². The molecule has 10 nitrogen and oxygen atoms in total. The molecule has 1 aromatic heterocycles. The fraction of sp³-hybridized carbons (Fsp3) is 0.333. The Bertz CT molecular complexity index is 1230. The van der Waals surface area contributed by atoms with Crippen molar-refractivity contribution in [3.05, 3.63) is 65.5 Å². The van der Waals surface area contributed by atoms with Crippen LogP contribution >= 0.6 is 0 Å². The second-order valence-corrected chi connectivity index (χ2v) is 7.71. The van der Waals surface area contributed by atoms with Crippen LogP contribution < -0.4 is 20.1 Å². The van der Waals surface area contributed by atoms with Crippen molar-refractivity contribution < 1.29 is 41.4 Å². The van der Waals surface area contributed by atoms with Gasteiger partial charge in [-0.25, -0.2) is 9.07 Å². The highest BCUT2D eigenvalue weighted by atomic mass is 19.4. The molecule has 0 aliphatic rings. The number of benzene rings is 2. The van der Waals surface area contributed by atoms with Gasteiger partial charge in [-0.05, 0) is 35.9 Å². The lowest BCUT2D eigenvalue weighted by Crippen LogP contribution is -2.33. The molecule has 3 aromatic rings. The van der Waals surface area contributed by atoms with Crippen molar-refractivity contribution in [2.75, 3.05) is 40.1 Å². The first-order valence-corrected chi connectivity index (χ1v) is 11.3. The number of amides is 2. The van der Waals surface area contributed by atoms with Gasteiger partial charge in [-0.2, -0.15) is 13.2 Å². The van der Waals surface area contributed by atoms with Crippen molar-refractivity contribution >= 4 is 11.8 Å². The number of ether oxygens (including phenoxy) is 3. The number of carbonyl (C=O) groups excluding carboxylic acids is 2. The zero-order chi connectivity index (χ0) is 27.5. The van der Waals surface area contributed by atoms with Crippen molar-refractivity contribution in [3.8, 4) is 17.2 Å². The van der Waals surface area contributed by atoms with E-state index < -0.39 is 31.2 Å². The molecule has 2 aromatic carbocycles. The summed E-state index contributed by atoms with van der Waals surface area (Å²) in [6.45, 7) is -2.14. The second kappa shape index (κ2) is 13.4. The van der Waals surface area contributed by atoms with E-state index in [0.29, 0.717) is 5.75 Å². The van der Waals surface area contributed by atoms with E-state index in [0.717, 1.165) is 5.56 Å². The number of rotatable bonds is 13. The molecule has 0 bridgehead atoms. The molecule has 0 saturated heterocycles. The standard InChI is InChI=1S/C24H25F4N5O5/c1-36-18-4-2-3-16(11-18)13-29-23(35)19-14-33(32-31-19)20-6-5-17(22(34)30-15-24(26,27)28)12-21(20)38-10-9-37-8-7-25/h2-6,11-12,14H,7-10,13,15H2,1H3,(H,29,35)(H,30,34). The summed E-state index contributed by atoms with van der Waals surface area (Å²) in [7, 11) is 1.53. The maximum atomic E-state index is 12.6. The maximum Gasteiger partial charge on any atom is 0.405 e. The summed E-state index contributed by atoms with van der Waals surface area (Å²) in [6, 6.07) is 11.0. The van der Waals surface area contributed by atoms with Gasteiger partial charge in [0.2, 0.25) is 0 Å². The van der Waals surface area contributed by atoms with Crippen molar-refractivity contribution in [2.24, 2.45) is 0 Å². The highest BCUT2D eigenvalue weighted by Crippen LogP contribution is 2.25. The van der Waals surface area contributed by atoms with Crippen LogP contribution in [0.5, 0.6) is 11.5 Å². The Morgan fingerprint density at radius 1 is 1.03 bits per heavy atom. The fourth-order valence-electron chi connectivity index (χ4n) is 3.15. The average Bonchev–Trinajstić information content (AvgIpc) is 3.40. The summed E-state index contributed by atoms with van der Waals surface area (Å²) in [6.07, 6.45) is -3.25. The third-order valence-corrected chi connectivity index (χ3v) is 4.94. The molecule has 204 valence electrons. The molecule has 0 aliphatic heterocycles. The number of carbonyl (C=O) groups is 2. The van der Waals surface area contributed by atoms with Crippen LogP contribution in [-0.2, 0) is 11.3 Å². The molecule has 38 heavy (non-hydrogen) atoms. The van der Waals surface area contributed by atoms with Crippen LogP contribution in [0.3, 0.4) is 0 Å². The van der Waals surface area contributed by atoms with Gasteiger partial charge in [0.1, 0.15) is 37.0 Å². The third-order valence-electron chi connectivity index (χ3n) is 4.94. The predicted molar refractivity (Wildman–Crippen MR) is 126 cm³/mol. The number of methoxy groups -OCH3 is 1. The van der Waals surface area contributed by atoms with E-state index in [1.54, 1.807) is 23.5 Å². The van der Waals surface area contributed by atoms with Gasteiger partial charge in [-0.3, -0.25) is 9.59 Å². The number of hydrogen-bond donors (Lipinski definition) is 2. The van der Waals surface area contributed by atoms with Crippen LogP contribution in [0.25, 0.3) is 5.69 Å². The van der Waals surface area contributed by atoms with Crippen molar-refractivity contribution in [3.63, 3.8) is 0 Å². The van der Waals surface area contributed by atoms with Gasteiger partial charge >= 0.3 is 6.18 Å². The minimum absolute atomic E-state index is 0.0166. The molecule has 0 spiro atoms. The van der Waals surface area contributed by atoms with Crippen LogP contribution in [0.4, 0.5) is 17.6 Å². The zero-order valence-electron chi connectivity index (χ0n) is 20.3. The number of alkyl halides is 4. The normalized spacial score (nSPS) is 11.2. The van der Waals surface area contributed by atoms with Gasteiger partial charge in [0.05, 0.1) is 26.5 Å². The van der Waals surface area contributed by atoms with E-state index in [1.807, 2.05) is 6.07 Å². The summed E-state index contributed by atoms with van der Waals surface area (Å²) in [5.41, 5.74) is 0.934. The van der Waals surface area contributed by atoms with E-state index in [1.165, 1.54) is 36.2 Å². The lowest BCUT2D eigenvalue weighted by atomic mass is 10.1. The minimum Gasteiger partial charge on any atom is -0.497 e. The Morgan fingerprint density at radius 3 is 2.58 bits per heavy atom. The van der Waals surface area contributed by atoms with E-state index in [2.05, 4.69) is 15.6 Å². The van der Waals surface area contributed by atoms with Crippen LogP contribution in [0, 0.1) is 0 Å². The molecule has 0 atom stereocenters. The monoisotopic (exact) mass is 539 g/mol. The summed E-state index contributed by atoms with van der Waals surface area (Å²) in [4.78, 5) is 24.8. The Hall–Kier alpha value is -4.20. The topological polar surface area (TPSA) is 117 Å². The molecule has 0 saturated carbocycles. The lowest BCUT2D eigenvalue weighted by Gasteiger charge is -2.14. The largest absolute Gasteiger partial charge is 0.497 e. The Kier molecular flexibility index (Phi) is 9.99. The molecule has 0 radical (unpaired) electrons. The first-order valence-electron chi connectivity index (χ1n) is 11.3. The summed E-state index contributed by atoms with van der Waals surface area (Å²) < 4.78 is 66.7. The number of aromatic nitrogens is 3. The first-order chi connectivity index (χ1) is 18.2. The summed E-state index contributed by atoms with van der Waals surface area (Å²) in [5.74, 6) is -0.782. The van der Waals surface area contributed by atoms with E-state index in [4.69, 9.17) is 14.2 Å². The number of halogens is 4. The van der Waals surface area contributed by atoms with Gasteiger partial charge in [-0.1, -0.05) is 17.3 Å². The van der Waals surface area contributed by atoms with E-state index in [9.17, 15) is 27.2 Å². The Morgan fingerprint density at radius 2 is 1.84 bits per heavy atom. The minimum atomic E-state index is -4.58. The number of hydrogen-bond acceptors (Lipinski definition) is 7. The molecule has 1 heterocycles. The molecule has 14 heteroatoms. The first kappa shape index (κ1) is 28.4. The van der Waals surface area contributed by atoms with Gasteiger partial charge in [0.15, 0.2) is 5.69 Å². The zero-order valence-corrected chi connectivity index (χ0v) is 20.3. The lowest BCUT2D eigenvalue weighted by molar-refractivity contribution is -0.123. The quantitative estimate of drug-likeness (QED) is 0.254. The van der Waals surface area contributed by atoms with Gasteiger partial charge in [0.25, 0.3) is 11.8 Å². The highest BCUT2D eigenvalue weighted by Gasteiger charge is 2.28. The number of nitrogens with one attached hydrogen (secondary N) is 2. The predicted octanol–water partition coefficient (Wildman–Crippen LogP) is 2.86. The van der Waals surface area contributed by atoms with Crippen LogP contribution in [0.15, 0.2) is 48.7 Å². The molecule has 3 rings (SSSR count). The molecule has 0 fully saturated rings. The Labute approximate surface area is 214 Å². The van der Waals surface area contributed by atoms with Gasteiger partial charge in [-0.15, -0.1) is 5.10 Å². The van der Waals surface area contributed by atoms with Crippen molar-refractivity contribution in [1.29, 1.82) is 0 Å². The Balaban J connectivity index is 1.75. The van der Waals surface area contributed by atoms with Gasteiger partial charge < -0.3 is 24.8 Å². The molecule has 0 aliphatic carbocycles. The summed E-state index contributed by atoms with van der Waals surface area (Å²) in [5, 5.41) is 12.3. The molecular weight excluding hydrogens is 514 g/mol. The molecule has 0 unspecified atom stereocenters. The number of nitrogens with zero attached hydrogens (tertiary/aromatic N) is 3. The fourth-order valence-corrected chi connectivity index (χ4v) is 3.15. The SMILES string of the molecule is COc1cccc(CNC(=O)c2cn(-c3ccc(C(=O)NCC(F)(F)F)cc3OCCOCCF)nn2)c1. The van der Waals surface area contributed by atoms with E-state index in [-0.39, 0.29) is 49.1 Å². The third kappa shape index (κ3) is 8.44. The van der Waals surface area contributed by atoms with E-state index >= 15 is 0 Å². The van der Waals surface area contributed by atoms with Crippen molar-refractivity contribution in [2.45, 2.75) is 12.7 Å². The smallest absolute Gasteiger partial charge is 0.405 e. The van der Waals surface area contributed by atoms with Crippen LogP contribution in [-0.4, -0.2) is 73.1 Å². The highest BCUT2D eigenvalue weighted by molar-refractivity contribution is 5.95. The maximum absolute atomic E-state index is 12.6. The van der Waals surface area contributed by atoms with Crippen molar-refractivity contribution in [1.82, 2.24) is 25.6 Å².